The minimum Gasteiger partial charge on any atom is -0.364 e. The van der Waals surface area contributed by atoms with Gasteiger partial charge in [0.15, 0.2) is 0 Å². The number of halogens is 2. The van der Waals surface area contributed by atoms with E-state index >= 15 is 0 Å². The normalized spacial score (nSPS) is 11.6. The highest BCUT2D eigenvalue weighted by Crippen LogP contribution is 2.37. The van der Waals surface area contributed by atoms with E-state index in [-0.39, 0.29) is 17.3 Å². The van der Waals surface area contributed by atoms with Crippen molar-refractivity contribution in [1.82, 2.24) is 9.97 Å². The number of aryl methyl sites for hydroxylation is 1. The minimum absolute atomic E-state index is 0.0694. The third kappa shape index (κ3) is 11.8. The van der Waals surface area contributed by atoms with Crippen LogP contribution in [0.4, 0.5) is 23.0 Å². The summed E-state index contributed by atoms with van der Waals surface area (Å²) in [6.45, 7) is 4.70. The van der Waals surface area contributed by atoms with Crippen LogP contribution in [0.2, 0.25) is 10.0 Å². The number of unbranched alkanes of at least 4 members (excludes halogenated alkanes) is 13. The van der Waals surface area contributed by atoms with Gasteiger partial charge >= 0.3 is 5.69 Å². The Hall–Kier alpha value is -3.41. The summed E-state index contributed by atoms with van der Waals surface area (Å²) in [7, 11) is 0. The van der Waals surface area contributed by atoms with E-state index in [4.69, 9.17) is 23.2 Å². The zero-order valence-corrected chi connectivity index (χ0v) is 28.1. The molecule has 0 saturated carbocycles. The second-order valence-electron chi connectivity index (χ2n) is 11.6. The molecule has 3 aromatic rings. The summed E-state index contributed by atoms with van der Waals surface area (Å²) >= 11 is 12.7. The van der Waals surface area contributed by atoms with Gasteiger partial charge < -0.3 is 10.6 Å². The Kier molecular flexibility index (Phi) is 15.9. The molecule has 0 fully saturated rings. The van der Waals surface area contributed by atoms with Crippen molar-refractivity contribution < 1.29 is 4.92 Å². The average molecular weight is 654 g/mol. The molecule has 0 saturated heterocycles. The lowest BCUT2D eigenvalue weighted by molar-refractivity contribution is -0.383. The first kappa shape index (κ1) is 36.1. The largest absolute Gasteiger partial charge is 0.364 e. The van der Waals surface area contributed by atoms with Crippen LogP contribution in [0.3, 0.4) is 0 Å². The van der Waals surface area contributed by atoms with E-state index in [0.717, 1.165) is 30.4 Å². The first-order chi connectivity index (χ1) is 21.8. The van der Waals surface area contributed by atoms with Crippen LogP contribution in [-0.2, 0) is 0 Å². The van der Waals surface area contributed by atoms with Crippen LogP contribution in [0, 0.1) is 28.4 Å². The molecule has 45 heavy (non-hydrogen) atoms. The molecule has 242 valence electrons. The summed E-state index contributed by atoms with van der Waals surface area (Å²) in [6, 6.07) is 12.9. The highest BCUT2D eigenvalue weighted by Gasteiger charge is 2.24. The molecule has 10 heteroatoms. The fraction of sp³-hybridized carbons (Fsp3) is 0.514. The molecule has 8 nitrogen and oxygen atoms in total. The zero-order chi connectivity index (χ0) is 32.4. The van der Waals surface area contributed by atoms with E-state index in [9.17, 15) is 15.4 Å². The molecular formula is C35H46Cl2N6O2. The Morgan fingerprint density at radius 1 is 0.867 bits per heavy atom. The SMILES string of the molecule is CCCCCCCCCCCCCCCCNc1ncnc(Nc2cc(Cl)c(C(C#N)c3ccc(Cl)cc3)cc2C)c1[N+](=O)[O-]. The van der Waals surface area contributed by atoms with E-state index in [2.05, 4.69) is 33.6 Å². The first-order valence-electron chi connectivity index (χ1n) is 16.3. The Balaban J connectivity index is 1.50. The summed E-state index contributed by atoms with van der Waals surface area (Å²) in [6.07, 6.45) is 19.2. The lowest BCUT2D eigenvalue weighted by Crippen LogP contribution is -2.10. The maximum absolute atomic E-state index is 12.1. The zero-order valence-electron chi connectivity index (χ0n) is 26.6. The molecule has 2 N–H and O–H groups in total. The van der Waals surface area contributed by atoms with E-state index in [0.29, 0.717) is 27.8 Å². The van der Waals surface area contributed by atoms with E-state index in [1.165, 1.54) is 77.0 Å². The van der Waals surface area contributed by atoms with Crippen molar-refractivity contribution in [2.45, 2.75) is 110 Å². The smallest absolute Gasteiger partial charge is 0.353 e. The number of nitrogens with zero attached hydrogens (tertiary/aromatic N) is 4. The summed E-state index contributed by atoms with van der Waals surface area (Å²) in [5.41, 5.74) is 2.49. The summed E-state index contributed by atoms with van der Waals surface area (Å²) in [4.78, 5) is 19.9. The fourth-order valence-electron chi connectivity index (χ4n) is 5.47. The maximum Gasteiger partial charge on any atom is 0.353 e. The number of nitriles is 1. The van der Waals surface area contributed by atoms with Gasteiger partial charge in [-0.05, 0) is 48.2 Å². The molecule has 0 bridgehead atoms. The third-order valence-corrected chi connectivity index (χ3v) is 8.65. The number of hydrogen-bond donors (Lipinski definition) is 2. The van der Waals surface area contributed by atoms with Gasteiger partial charge in [0.25, 0.3) is 0 Å². The van der Waals surface area contributed by atoms with Crippen molar-refractivity contribution >= 4 is 46.2 Å². The third-order valence-electron chi connectivity index (χ3n) is 8.07. The van der Waals surface area contributed by atoms with Crippen LogP contribution in [-0.4, -0.2) is 21.4 Å². The van der Waals surface area contributed by atoms with Crippen LogP contribution in [0.1, 0.15) is 119 Å². The van der Waals surface area contributed by atoms with Crippen molar-refractivity contribution in [2.75, 3.05) is 17.2 Å². The van der Waals surface area contributed by atoms with Crippen molar-refractivity contribution in [2.24, 2.45) is 0 Å². The van der Waals surface area contributed by atoms with Gasteiger partial charge in [-0.3, -0.25) is 10.1 Å². The molecule has 0 aliphatic rings. The highest BCUT2D eigenvalue weighted by atomic mass is 35.5. The number of aromatic nitrogens is 2. The molecule has 0 spiro atoms. The van der Waals surface area contributed by atoms with Crippen LogP contribution in [0.25, 0.3) is 0 Å². The molecule has 0 aliphatic heterocycles. The molecule has 2 aromatic carbocycles. The first-order valence-corrected chi connectivity index (χ1v) is 17.1. The van der Waals surface area contributed by atoms with Gasteiger partial charge in [-0.15, -0.1) is 0 Å². The Bertz CT molecular complexity index is 1390. The summed E-state index contributed by atoms with van der Waals surface area (Å²) in [5.74, 6) is -0.346. The molecule has 3 rings (SSSR count). The highest BCUT2D eigenvalue weighted by molar-refractivity contribution is 6.32. The van der Waals surface area contributed by atoms with Crippen LogP contribution in [0.5, 0.6) is 0 Å². The molecule has 1 heterocycles. The molecule has 1 aromatic heterocycles. The molecule has 1 atom stereocenters. The molecular weight excluding hydrogens is 607 g/mol. The Labute approximate surface area is 278 Å². The second kappa shape index (κ2) is 19.9. The average Bonchev–Trinajstić information content (AvgIpc) is 3.02. The van der Waals surface area contributed by atoms with Crippen LogP contribution in [0.15, 0.2) is 42.7 Å². The van der Waals surface area contributed by atoms with Gasteiger partial charge in [-0.1, -0.05) is 132 Å². The fourth-order valence-corrected chi connectivity index (χ4v) is 5.86. The number of benzene rings is 2. The van der Waals surface area contributed by atoms with Gasteiger partial charge in [-0.2, -0.15) is 5.26 Å². The summed E-state index contributed by atoms with van der Waals surface area (Å²) in [5, 5.41) is 29.1. The van der Waals surface area contributed by atoms with E-state index in [1.54, 1.807) is 30.3 Å². The van der Waals surface area contributed by atoms with Gasteiger partial charge in [0, 0.05) is 22.3 Å². The van der Waals surface area contributed by atoms with Gasteiger partial charge in [0.05, 0.1) is 16.9 Å². The Morgan fingerprint density at radius 3 is 1.98 bits per heavy atom. The Morgan fingerprint density at radius 2 is 1.42 bits per heavy atom. The number of nitrogens with one attached hydrogen (secondary N) is 2. The van der Waals surface area contributed by atoms with Crippen molar-refractivity contribution in [3.05, 3.63) is 79.6 Å². The van der Waals surface area contributed by atoms with Gasteiger partial charge in [-0.25, -0.2) is 9.97 Å². The predicted molar refractivity (Wildman–Crippen MR) is 186 cm³/mol. The predicted octanol–water partition coefficient (Wildman–Crippen LogP) is 11.3. The lowest BCUT2D eigenvalue weighted by atomic mass is 9.91. The number of anilines is 3. The number of hydrogen-bond acceptors (Lipinski definition) is 7. The van der Waals surface area contributed by atoms with Crippen molar-refractivity contribution in [3.63, 3.8) is 0 Å². The second-order valence-corrected chi connectivity index (χ2v) is 12.5. The van der Waals surface area contributed by atoms with Crippen molar-refractivity contribution in [1.29, 1.82) is 5.26 Å². The van der Waals surface area contributed by atoms with Gasteiger partial charge in [0.2, 0.25) is 11.6 Å². The molecule has 0 aliphatic carbocycles. The van der Waals surface area contributed by atoms with E-state index in [1.807, 2.05) is 13.0 Å². The van der Waals surface area contributed by atoms with Crippen LogP contribution < -0.4 is 10.6 Å². The monoisotopic (exact) mass is 652 g/mol. The van der Waals surface area contributed by atoms with Gasteiger partial charge in [0.1, 0.15) is 6.33 Å². The quantitative estimate of drug-likeness (QED) is 0.0667. The molecule has 1 unspecified atom stereocenters. The molecule has 0 radical (unpaired) electrons. The minimum atomic E-state index is -0.596. The van der Waals surface area contributed by atoms with Crippen LogP contribution >= 0.6 is 23.2 Å². The number of nitro groups is 1. The standard InChI is InChI=1S/C35H46Cl2N6O2/c1-3-4-5-6-7-8-9-10-11-12-13-14-15-16-21-39-34-33(43(44)45)35(41-25-40-34)42-32-23-31(37)29(22-26(32)2)30(24-38)27-17-19-28(36)20-18-27/h17-20,22-23,25,30H,3-16,21H2,1-2H3,(H2,39,40,41,42). The maximum atomic E-state index is 12.1. The molecule has 0 amide bonds. The number of rotatable bonds is 21. The summed E-state index contributed by atoms with van der Waals surface area (Å²) < 4.78 is 0. The van der Waals surface area contributed by atoms with E-state index < -0.39 is 10.8 Å². The lowest BCUT2D eigenvalue weighted by Gasteiger charge is -2.17. The topological polar surface area (TPSA) is 117 Å². The van der Waals surface area contributed by atoms with Crippen molar-refractivity contribution in [3.8, 4) is 6.07 Å².